The Morgan fingerprint density at radius 3 is 2.38 bits per heavy atom. The first-order chi connectivity index (χ1) is 9.76. The van der Waals surface area contributed by atoms with Crippen LogP contribution < -0.4 is 10.0 Å². The highest BCUT2D eigenvalue weighted by Crippen LogP contribution is 2.27. The molecule has 0 saturated carbocycles. The molecule has 2 rings (SSSR count). The molecular weight excluding hydrogens is 288 g/mol. The number of para-hydroxylation sites is 2. The molecule has 2 N–H and O–H groups in total. The van der Waals surface area contributed by atoms with E-state index in [9.17, 15) is 8.42 Å². The second kappa shape index (κ2) is 5.77. The maximum Gasteiger partial charge on any atom is 0.229 e. The highest BCUT2D eigenvalue weighted by Gasteiger charge is 2.14. The third-order valence-corrected chi connectivity index (χ3v) is 3.70. The van der Waals surface area contributed by atoms with Crippen LogP contribution in [0.1, 0.15) is 24.2 Å². The summed E-state index contributed by atoms with van der Waals surface area (Å²) in [5, 5.41) is 7.64. The lowest BCUT2D eigenvalue weighted by atomic mass is 10.1. The molecule has 0 spiro atoms. The molecule has 114 valence electrons. The standard InChI is InChI=1S/C14H20N4O2S/c1-10(12-9-18(3)16-11(12)2)15-13-7-5-6-8-14(13)17-21(4,19)20/h5-10,15,17H,1-4H3. The van der Waals surface area contributed by atoms with Crippen LogP contribution in [0.5, 0.6) is 0 Å². The average Bonchev–Trinajstić information content (AvgIpc) is 2.69. The third-order valence-electron chi connectivity index (χ3n) is 3.11. The minimum atomic E-state index is -3.31. The van der Waals surface area contributed by atoms with Crippen molar-refractivity contribution in [2.45, 2.75) is 19.9 Å². The Morgan fingerprint density at radius 2 is 1.86 bits per heavy atom. The second-order valence-corrected chi connectivity index (χ2v) is 6.88. The highest BCUT2D eigenvalue weighted by molar-refractivity contribution is 7.92. The number of aryl methyl sites for hydroxylation is 2. The first kappa shape index (κ1) is 15.4. The fraction of sp³-hybridized carbons (Fsp3) is 0.357. The summed E-state index contributed by atoms with van der Waals surface area (Å²) >= 11 is 0. The minimum absolute atomic E-state index is 0.0150. The summed E-state index contributed by atoms with van der Waals surface area (Å²) in [6.07, 6.45) is 3.10. The summed E-state index contributed by atoms with van der Waals surface area (Å²) in [4.78, 5) is 0. The number of sulfonamides is 1. The van der Waals surface area contributed by atoms with E-state index < -0.39 is 10.0 Å². The van der Waals surface area contributed by atoms with Crippen LogP contribution in [0.15, 0.2) is 30.5 Å². The van der Waals surface area contributed by atoms with Gasteiger partial charge in [0.2, 0.25) is 10.0 Å². The molecule has 6 nitrogen and oxygen atoms in total. The van der Waals surface area contributed by atoms with E-state index in [2.05, 4.69) is 15.1 Å². The first-order valence-corrected chi connectivity index (χ1v) is 8.49. The van der Waals surface area contributed by atoms with Crippen LogP contribution in [0.3, 0.4) is 0 Å². The van der Waals surface area contributed by atoms with Gasteiger partial charge in [-0.3, -0.25) is 9.40 Å². The Balaban J connectivity index is 2.25. The predicted molar refractivity (Wildman–Crippen MR) is 84.9 cm³/mol. The molecular formula is C14H20N4O2S. The fourth-order valence-corrected chi connectivity index (χ4v) is 2.83. The maximum absolute atomic E-state index is 11.4. The van der Waals surface area contributed by atoms with Crippen LogP contribution in [-0.2, 0) is 17.1 Å². The number of nitrogens with zero attached hydrogens (tertiary/aromatic N) is 2. The number of benzene rings is 1. The molecule has 1 unspecified atom stereocenters. The molecule has 0 aliphatic heterocycles. The lowest BCUT2D eigenvalue weighted by Crippen LogP contribution is -2.13. The molecule has 0 fully saturated rings. The van der Waals surface area contributed by atoms with Gasteiger partial charge in [-0.05, 0) is 26.0 Å². The van der Waals surface area contributed by atoms with Gasteiger partial charge in [-0.2, -0.15) is 5.10 Å². The van der Waals surface area contributed by atoms with E-state index in [1.165, 1.54) is 0 Å². The van der Waals surface area contributed by atoms with E-state index in [-0.39, 0.29) is 6.04 Å². The van der Waals surface area contributed by atoms with Gasteiger partial charge in [0.15, 0.2) is 0 Å². The van der Waals surface area contributed by atoms with Crippen molar-refractivity contribution in [1.82, 2.24) is 9.78 Å². The zero-order valence-electron chi connectivity index (χ0n) is 12.6. The number of hydrogen-bond donors (Lipinski definition) is 2. The third kappa shape index (κ3) is 3.98. The number of aromatic nitrogens is 2. The van der Waals surface area contributed by atoms with Crippen molar-refractivity contribution in [3.8, 4) is 0 Å². The molecule has 0 bridgehead atoms. The van der Waals surface area contributed by atoms with Gasteiger partial charge < -0.3 is 5.32 Å². The van der Waals surface area contributed by atoms with Gasteiger partial charge in [0.1, 0.15) is 0 Å². The van der Waals surface area contributed by atoms with Gasteiger partial charge in [-0.1, -0.05) is 12.1 Å². The number of anilines is 2. The van der Waals surface area contributed by atoms with Crippen molar-refractivity contribution >= 4 is 21.4 Å². The second-order valence-electron chi connectivity index (χ2n) is 5.13. The molecule has 0 aliphatic rings. The van der Waals surface area contributed by atoms with Crippen LogP contribution >= 0.6 is 0 Å². The average molecular weight is 308 g/mol. The zero-order chi connectivity index (χ0) is 15.6. The topological polar surface area (TPSA) is 76.0 Å². The van der Waals surface area contributed by atoms with Crippen molar-refractivity contribution in [1.29, 1.82) is 0 Å². The summed E-state index contributed by atoms with van der Waals surface area (Å²) in [5.74, 6) is 0. The first-order valence-electron chi connectivity index (χ1n) is 6.60. The van der Waals surface area contributed by atoms with E-state index in [0.29, 0.717) is 5.69 Å². The molecule has 1 aromatic carbocycles. The van der Waals surface area contributed by atoms with Crippen LogP contribution in [0.25, 0.3) is 0 Å². The number of nitrogens with one attached hydrogen (secondary N) is 2. The minimum Gasteiger partial charge on any atom is -0.377 e. The van der Waals surface area contributed by atoms with E-state index in [4.69, 9.17) is 0 Å². The van der Waals surface area contributed by atoms with Gasteiger partial charge >= 0.3 is 0 Å². The zero-order valence-corrected chi connectivity index (χ0v) is 13.4. The predicted octanol–water partition coefficient (Wildman–Crippen LogP) is 2.27. The van der Waals surface area contributed by atoms with Gasteiger partial charge in [0.05, 0.1) is 29.4 Å². The molecule has 1 aromatic heterocycles. The molecule has 7 heteroatoms. The van der Waals surface area contributed by atoms with Gasteiger partial charge in [0.25, 0.3) is 0 Å². The Morgan fingerprint density at radius 1 is 1.24 bits per heavy atom. The Kier molecular flexibility index (Phi) is 4.22. The Labute approximate surface area is 125 Å². The van der Waals surface area contributed by atoms with Gasteiger partial charge in [-0.25, -0.2) is 8.42 Å². The monoisotopic (exact) mass is 308 g/mol. The lowest BCUT2D eigenvalue weighted by molar-refractivity contribution is 0.607. The van der Waals surface area contributed by atoms with Crippen LogP contribution in [0, 0.1) is 6.92 Å². The van der Waals surface area contributed by atoms with Crippen molar-refractivity contribution in [3.63, 3.8) is 0 Å². The summed E-state index contributed by atoms with van der Waals surface area (Å²) in [5.41, 5.74) is 3.30. The molecule has 0 saturated heterocycles. The summed E-state index contributed by atoms with van der Waals surface area (Å²) in [6, 6.07) is 7.24. The lowest BCUT2D eigenvalue weighted by Gasteiger charge is -2.18. The number of rotatable bonds is 5. The highest BCUT2D eigenvalue weighted by atomic mass is 32.2. The maximum atomic E-state index is 11.4. The molecule has 1 heterocycles. The molecule has 21 heavy (non-hydrogen) atoms. The number of hydrogen-bond acceptors (Lipinski definition) is 4. The van der Waals surface area contributed by atoms with Crippen molar-refractivity contribution in [2.24, 2.45) is 7.05 Å². The van der Waals surface area contributed by atoms with Crippen molar-refractivity contribution in [3.05, 3.63) is 41.7 Å². The Bertz CT molecular complexity index is 737. The van der Waals surface area contributed by atoms with E-state index >= 15 is 0 Å². The van der Waals surface area contributed by atoms with E-state index in [0.717, 1.165) is 23.2 Å². The quantitative estimate of drug-likeness (QED) is 0.888. The SMILES string of the molecule is Cc1nn(C)cc1C(C)Nc1ccccc1NS(C)(=O)=O. The summed E-state index contributed by atoms with van der Waals surface area (Å²) in [6.45, 7) is 3.97. The molecule has 0 radical (unpaired) electrons. The Hall–Kier alpha value is -2.02. The van der Waals surface area contributed by atoms with Crippen molar-refractivity contribution < 1.29 is 8.42 Å². The van der Waals surface area contributed by atoms with E-state index in [1.54, 1.807) is 16.8 Å². The molecule has 0 aliphatic carbocycles. The smallest absolute Gasteiger partial charge is 0.229 e. The van der Waals surface area contributed by atoms with Crippen LogP contribution in [-0.4, -0.2) is 24.5 Å². The van der Waals surface area contributed by atoms with E-state index in [1.807, 2.05) is 39.2 Å². The molecule has 2 aromatic rings. The molecule has 0 amide bonds. The summed E-state index contributed by atoms with van der Waals surface area (Å²) in [7, 11) is -1.43. The van der Waals surface area contributed by atoms with Gasteiger partial charge in [0, 0.05) is 18.8 Å². The largest absolute Gasteiger partial charge is 0.377 e. The summed E-state index contributed by atoms with van der Waals surface area (Å²) < 4.78 is 27.1. The van der Waals surface area contributed by atoms with Gasteiger partial charge in [-0.15, -0.1) is 0 Å². The van der Waals surface area contributed by atoms with Crippen LogP contribution in [0.2, 0.25) is 0 Å². The molecule has 1 atom stereocenters. The van der Waals surface area contributed by atoms with Crippen LogP contribution in [0.4, 0.5) is 11.4 Å². The fourth-order valence-electron chi connectivity index (χ4n) is 2.25. The van der Waals surface area contributed by atoms with Crippen molar-refractivity contribution in [2.75, 3.05) is 16.3 Å². The normalized spacial score (nSPS) is 13.0.